The molecule has 0 radical (unpaired) electrons. The van der Waals surface area contributed by atoms with Crippen molar-refractivity contribution in [3.63, 3.8) is 0 Å². The van der Waals surface area contributed by atoms with E-state index in [9.17, 15) is 9.90 Å². The molecule has 2 aromatic rings. The highest BCUT2D eigenvalue weighted by atomic mass is 16.4. The number of para-hydroxylation sites is 1. The average Bonchev–Trinajstić information content (AvgIpc) is 2.39. The number of hydrogen-bond acceptors (Lipinski definition) is 3. The number of anilines is 1. The van der Waals surface area contributed by atoms with Gasteiger partial charge >= 0.3 is 5.97 Å². The van der Waals surface area contributed by atoms with Crippen molar-refractivity contribution in [2.45, 2.75) is 26.3 Å². The third-order valence-electron chi connectivity index (χ3n) is 3.43. The number of benzene rings is 1. The van der Waals surface area contributed by atoms with E-state index in [1.807, 2.05) is 42.2 Å². The number of fused-ring (bicyclic) bond motifs is 1. The summed E-state index contributed by atoms with van der Waals surface area (Å²) in [5, 5.41) is 10.4. The number of nitrogens with zero attached hydrogens (tertiary/aromatic N) is 2. The lowest BCUT2D eigenvalue weighted by Gasteiger charge is -2.36. The van der Waals surface area contributed by atoms with E-state index in [4.69, 9.17) is 0 Å². The quantitative estimate of drug-likeness (QED) is 0.916. The van der Waals surface area contributed by atoms with Crippen molar-refractivity contribution in [1.29, 1.82) is 0 Å². The van der Waals surface area contributed by atoms with E-state index in [1.54, 1.807) is 20.0 Å². The molecule has 0 unspecified atom stereocenters. The minimum absolute atomic E-state index is 0.618. The van der Waals surface area contributed by atoms with Crippen LogP contribution in [0.25, 0.3) is 10.9 Å². The summed E-state index contributed by atoms with van der Waals surface area (Å²) in [6, 6.07) is 9.64. The van der Waals surface area contributed by atoms with Gasteiger partial charge in [0.1, 0.15) is 5.54 Å². The molecule has 0 atom stereocenters. The Morgan fingerprint density at radius 3 is 2.63 bits per heavy atom. The van der Waals surface area contributed by atoms with Crippen LogP contribution < -0.4 is 4.90 Å². The molecular weight excluding hydrogens is 240 g/mol. The lowest BCUT2D eigenvalue weighted by molar-refractivity contribution is -0.142. The van der Waals surface area contributed by atoms with Crippen LogP contribution in [-0.2, 0) is 4.79 Å². The summed E-state index contributed by atoms with van der Waals surface area (Å²) in [6.45, 7) is 6.01. The molecule has 1 heterocycles. The minimum atomic E-state index is -0.959. The van der Waals surface area contributed by atoms with Gasteiger partial charge in [-0.05, 0) is 32.9 Å². The van der Waals surface area contributed by atoms with Gasteiger partial charge < -0.3 is 10.0 Å². The van der Waals surface area contributed by atoms with Crippen molar-refractivity contribution in [1.82, 2.24) is 4.98 Å². The molecule has 1 N–H and O–H groups in total. The third kappa shape index (κ3) is 2.26. The number of hydrogen-bond donors (Lipinski definition) is 1. The maximum atomic E-state index is 11.5. The van der Waals surface area contributed by atoms with Crippen molar-refractivity contribution in [2.75, 3.05) is 11.4 Å². The van der Waals surface area contributed by atoms with Crippen molar-refractivity contribution in [3.05, 3.63) is 36.5 Å². The topological polar surface area (TPSA) is 53.4 Å². The van der Waals surface area contributed by atoms with Gasteiger partial charge in [-0.25, -0.2) is 4.79 Å². The number of carboxylic acids is 1. The van der Waals surface area contributed by atoms with Crippen LogP contribution in [-0.4, -0.2) is 28.1 Å². The normalized spacial score (nSPS) is 11.5. The van der Waals surface area contributed by atoms with Gasteiger partial charge in [0.05, 0.1) is 5.52 Å². The van der Waals surface area contributed by atoms with Crippen molar-refractivity contribution in [3.8, 4) is 0 Å². The van der Waals surface area contributed by atoms with Gasteiger partial charge in [0.2, 0.25) is 0 Å². The number of pyridine rings is 1. The van der Waals surface area contributed by atoms with Crippen LogP contribution in [0.2, 0.25) is 0 Å². The SMILES string of the molecule is CCN(c1ccnc2ccccc12)C(C)(C)C(=O)O. The second-order valence-electron chi connectivity index (χ2n) is 4.96. The average molecular weight is 258 g/mol. The van der Waals surface area contributed by atoms with Gasteiger partial charge in [0, 0.05) is 23.8 Å². The van der Waals surface area contributed by atoms with Gasteiger partial charge in [-0.1, -0.05) is 18.2 Å². The summed E-state index contributed by atoms with van der Waals surface area (Å²) in [4.78, 5) is 17.7. The summed E-state index contributed by atoms with van der Waals surface area (Å²) in [5.41, 5.74) is 0.818. The van der Waals surface area contributed by atoms with Crippen molar-refractivity contribution in [2.24, 2.45) is 0 Å². The lowest BCUT2D eigenvalue weighted by atomic mass is 10.0. The minimum Gasteiger partial charge on any atom is -0.480 e. The zero-order chi connectivity index (χ0) is 14.0. The van der Waals surface area contributed by atoms with E-state index in [2.05, 4.69) is 4.98 Å². The molecule has 0 saturated heterocycles. The fraction of sp³-hybridized carbons (Fsp3) is 0.333. The zero-order valence-corrected chi connectivity index (χ0v) is 11.4. The molecule has 1 aromatic heterocycles. The summed E-state index contributed by atoms with van der Waals surface area (Å²) >= 11 is 0. The molecule has 0 aliphatic carbocycles. The first-order valence-electron chi connectivity index (χ1n) is 6.33. The fourth-order valence-electron chi connectivity index (χ4n) is 2.30. The maximum Gasteiger partial charge on any atom is 0.328 e. The van der Waals surface area contributed by atoms with Crippen LogP contribution in [0.4, 0.5) is 5.69 Å². The van der Waals surface area contributed by atoms with E-state index < -0.39 is 11.5 Å². The zero-order valence-electron chi connectivity index (χ0n) is 11.4. The number of carboxylic acid groups (broad SMARTS) is 1. The summed E-state index contributed by atoms with van der Waals surface area (Å²) in [6.07, 6.45) is 1.72. The Labute approximate surface area is 112 Å². The van der Waals surface area contributed by atoms with Gasteiger partial charge in [-0.15, -0.1) is 0 Å². The molecule has 0 saturated carbocycles. The van der Waals surface area contributed by atoms with E-state index in [0.717, 1.165) is 16.6 Å². The van der Waals surface area contributed by atoms with E-state index in [-0.39, 0.29) is 0 Å². The number of carbonyl (C=O) groups is 1. The van der Waals surface area contributed by atoms with E-state index in [0.29, 0.717) is 6.54 Å². The predicted octanol–water partition coefficient (Wildman–Crippen LogP) is 2.92. The molecular formula is C15H18N2O2. The van der Waals surface area contributed by atoms with Gasteiger partial charge in [-0.3, -0.25) is 4.98 Å². The van der Waals surface area contributed by atoms with Crippen LogP contribution >= 0.6 is 0 Å². The molecule has 4 nitrogen and oxygen atoms in total. The summed E-state index contributed by atoms with van der Waals surface area (Å²) < 4.78 is 0. The van der Waals surface area contributed by atoms with Gasteiger partial charge in [0.25, 0.3) is 0 Å². The third-order valence-corrected chi connectivity index (χ3v) is 3.43. The second kappa shape index (κ2) is 4.88. The lowest BCUT2D eigenvalue weighted by Crippen LogP contribution is -2.50. The highest BCUT2D eigenvalue weighted by Crippen LogP contribution is 2.30. The maximum absolute atomic E-state index is 11.5. The van der Waals surface area contributed by atoms with E-state index >= 15 is 0 Å². The monoisotopic (exact) mass is 258 g/mol. The number of rotatable bonds is 4. The molecule has 0 fully saturated rings. The van der Waals surface area contributed by atoms with E-state index in [1.165, 1.54) is 0 Å². The molecule has 0 aliphatic rings. The Balaban J connectivity index is 2.62. The molecule has 2 rings (SSSR count). The highest BCUT2D eigenvalue weighted by molar-refractivity contribution is 5.94. The standard InChI is InChI=1S/C15H18N2O2/c1-4-17(15(2,3)14(18)19)13-9-10-16-12-8-6-5-7-11(12)13/h5-10H,4H2,1-3H3,(H,18,19). The first-order chi connectivity index (χ1) is 8.98. The second-order valence-corrected chi connectivity index (χ2v) is 4.96. The van der Waals surface area contributed by atoms with Gasteiger partial charge in [-0.2, -0.15) is 0 Å². The first kappa shape index (κ1) is 13.3. The molecule has 100 valence electrons. The molecule has 0 spiro atoms. The summed E-state index contributed by atoms with van der Waals surface area (Å²) in [5.74, 6) is -0.838. The molecule has 4 heteroatoms. The van der Waals surface area contributed by atoms with Crippen LogP contribution in [0.15, 0.2) is 36.5 Å². The van der Waals surface area contributed by atoms with Crippen LogP contribution in [0, 0.1) is 0 Å². The van der Waals surface area contributed by atoms with Crippen molar-refractivity contribution >= 4 is 22.6 Å². The molecule has 19 heavy (non-hydrogen) atoms. The largest absolute Gasteiger partial charge is 0.480 e. The fourth-order valence-corrected chi connectivity index (χ4v) is 2.30. The molecule has 1 aromatic carbocycles. The number of likely N-dealkylation sites (N-methyl/N-ethyl adjacent to an activating group) is 1. The molecule has 0 amide bonds. The Morgan fingerprint density at radius 1 is 1.32 bits per heavy atom. The van der Waals surface area contributed by atoms with Crippen LogP contribution in [0.5, 0.6) is 0 Å². The first-order valence-corrected chi connectivity index (χ1v) is 6.33. The predicted molar refractivity (Wildman–Crippen MR) is 76.5 cm³/mol. The van der Waals surface area contributed by atoms with Crippen LogP contribution in [0.3, 0.4) is 0 Å². The van der Waals surface area contributed by atoms with Crippen LogP contribution in [0.1, 0.15) is 20.8 Å². The smallest absolute Gasteiger partial charge is 0.328 e. The Hall–Kier alpha value is -2.10. The molecule has 0 aliphatic heterocycles. The summed E-state index contributed by atoms with van der Waals surface area (Å²) in [7, 11) is 0. The Bertz CT molecular complexity index is 603. The Morgan fingerprint density at radius 2 is 2.00 bits per heavy atom. The van der Waals surface area contributed by atoms with Gasteiger partial charge in [0.15, 0.2) is 0 Å². The highest BCUT2D eigenvalue weighted by Gasteiger charge is 2.34. The molecule has 0 bridgehead atoms. The number of aliphatic carboxylic acids is 1. The Kier molecular flexibility index (Phi) is 3.42. The number of aromatic nitrogens is 1. The van der Waals surface area contributed by atoms with Crippen molar-refractivity contribution < 1.29 is 9.90 Å².